The number of aromatic nitrogens is 6. The SMILES string of the molecule is Cc1nnc(-c2ccccc2-c2nc(-c3cnccn3)no2)o1. The van der Waals surface area contributed by atoms with Crippen molar-refractivity contribution in [3.05, 3.63) is 48.7 Å². The average molecular weight is 306 g/mol. The first-order valence-corrected chi connectivity index (χ1v) is 6.81. The van der Waals surface area contributed by atoms with Crippen molar-refractivity contribution in [1.82, 2.24) is 30.3 Å². The van der Waals surface area contributed by atoms with E-state index in [-0.39, 0.29) is 0 Å². The van der Waals surface area contributed by atoms with E-state index >= 15 is 0 Å². The maximum absolute atomic E-state index is 5.49. The fourth-order valence-corrected chi connectivity index (χ4v) is 2.11. The Hall–Kier alpha value is -3.42. The Bertz CT molecular complexity index is 947. The van der Waals surface area contributed by atoms with Gasteiger partial charge in [0.25, 0.3) is 5.89 Å². The highest BCUT2D eigenvalue weighted by molar-refractivity contribution is 5.75. The summed E-state index contributed by atoms with van der Waals surface area (Å²) in [6.45, 7) is 1.73. The van der Waals surface area contributed by atoms with Crippen molar-refractivity contribution in [3.8, 4) is 34.4 Å². The van der Waals surface area contributed by atoms with Crippen LogP contribution in [0.3, 0.4) is 0 Å². The lowest BCUT2D eigenvalue weighted by Crippen LogP contribution is -1.87. The van der Waals surface area contributed by atoms with Crippen LogP contribution in [-0.2, 0) is 0 Å². The molecule has 0 aliphatic heterocycles. The lowest BCUT2D eigenvalue weighted by molar-refractivity contribution is 0.432. The largest absolute Gasteiger partial charge is 0.421 e. The number of rotatable bonds is 3. The molecule has 8 nitrogen and oxygen atoms in total. The van der Waals surface area contributed by atoms with Crippen molar-refractivity contribution < 1.29 is 8.94 Å². The van der Waals surface area contributed by atoms with Gasteiger partial charge in [0.1, 0.15) is 5.69 Å². The third-order valence-corrected chi connectivity index (χ3v) is 3.13. The first kappa shape index (κ1) is 13.3. The number of benzene rings is 1. The number of aryl methyl sites for hydroxylation is 1. The molecule has 0 saturated heterocycles. The van der Waals surface area contributed by atoms with Crippen LogP contribution >= 0.6 is 0 Å². The van der Waals surface area contributed by atoms with Crippen molar-refractivity contribution >= 4 is 0 Å². The van der Waals surface area contributed by atoms with Gasteiger partial charge in [0, 0.05) is 19.3 Å². The lowest BCUT2D eigenvalue weighted by Gasteiger charge is -2.00. The van der Waals surface area contributed by atoms with Gasteiger partial charge in [0.2, 0.25) is 17.6 Å². The fourth-order valence-electron chi connectivity index (χ4n) is 2.11. The molecule has 4 aromatic rings. The predicted octanol–water partition coefficient (Wildman–Crippen LogP) is 2.55. The Morgan fingerprint density at radius 1 is 0.957 bits per heavy atom. The zero-order valence-electron chi connectivity index (χ0n) is 12.0. The van der Waals surface area contributed by atoms with Crippen LogP contribution in [0.1, 0.15) is 5.89 Å². The Labute approximate surface area is 130 Å². The van der Waals surface area contributed by atoms with Gasteiger partial charge in [0.15, 0.2) is 0 Å². The van der Waals surface area contributed by atoms with Gasteiger partial charge < -0.3 is 8.94 Å². The fraction of sp³-hybridized carbons (Fsp3) is 0.0667. The van der Waals surface area contributed by atoms with Crippen LogP contribution in [0.25, 0.3) is 34.4 Å². The normalized spacial score (nSPS) is 10.8. The number of hydrogen-bond acceptors (Lipinski definition) is 8. The third kappa shape index (κ3) is 2.46. The second-order valence-electron chi connectivity index (χ2n) is 4.69. The Morgan fingerprint density at radius 2 is 1.78 bits per heavy atom. The van der Waals surface area contributed by atoms with Crippen molar-refractivity contribution in [2.75, 3.05) is 0 Å². The molecular weight excluding hydrogens is 296 g/mol. The van der Waals surface area contributed by atoms with Gasteiger partial charge in [-0.3, -0.25) is 4.98 Å². The molecule has 4 rings (SSSR count). The zero-order chi connectivity index (χ0) is 15.6. The number of hydrogen-bond donors (Lipinski definition) is 0. The van der Waals surface area contributed by atoms with Gasteiger partial charge in [-0.25, -0.2) is 4.98 Å². The highest BCUT2D eigenvalue weighted by Gasteiger charge is 2.18. The molecule has 0 N–H and O–H groups in total. The van der Waals surface area contributed by atoms with Gasteiger partial charge in [-0.1, -0.05) is 17.3 Å². The summed E-state index contributed by atoms with van der Waals surface area (Å²) in [5, 5.41) is 11.8. The first-order chi connectivity index (χ1) is 11.3. The van der Waals surface area contributed by atoms with Crippen LogP contribution in [0.15, 0.2) is 51.8 Å². The van der Waals surface area contributed by atoms with Gasteiger partial charge in [-0.15, -0.1) is 10.2 Å². The van der Waals surface area contributed by atoms with E-state index in [1.165, 1.54) is 0 Å². The summed E-state index contributed by atoms with van der Waals surface area (Å²) in [4.78, 5) is 12.5. The summed E-state index contributed by atoms with van der Waals surface area (Å²) in [6, 6.07) is 7.45. The van der Waals surface area contributed by atoms with Crippen LogP contribution in [0, 0.1) is 6.92 Å². The summed E-state index contributed by atoms with van der Waals surface area (Å²) in [5.41, 5.74) is 1.97. The van der Waals surface area contributed by atoms with Crippen molar-refractivity contribution in [2.45, 2.75) is 6.92 Å². The van der Waals surface area contributed by atoms with Crippen molar-refractivity contribution in [2.24, 2.45) is 0 Å². The van der Waals surface area contributed by atoms with E-state index in [1.807, 2.05) is 24.3 Å². The summed E-state index contributed by atoms with van der Waals surface area (Å²) in [5.74, 6) is 1.60. The van der Waals surface area contributed by atoms with Crippen molar-refractivity contribution in [3.63, 3.8) is 0 Å². The molecule has 0 unspecified atom stereocenters. The molecule has 0 saturated carbocycles. The van der Waals surface area contributed by atoms with E-state index in [0.717, 1.165) is 5.56 Å². The van der Waals surface area contributed by atoms with E-state index < -0.39 is 0 Å². The molecule has 0 amide bonds. The van der Waals surface area contributed by atoms with Gasteiger partial charge in [-0.05, 0) is 12.1 Å². The van der Waals surface area contributed by atoms with Crippen LogP contribution < -0.4 is 0 Å². The smallest absolute Gasteiger partial charge is 0.259 e. The highest BCUT2D eigenvalue weighted by atomic mass is 16.5. The maximum atomic E-state index is 5.49. The Balaban J connectivity index is 1.79. The molecule has 3 aromatic heterocycles. The zero-order valence-corrected chi connectivity index (χ0v) is 12.0. The molecule has 0 bridgehead atoms. The van der Waals surface area contributed by atoms with Crippen molar-refractivity contribution in [1.29, 1.82) is 0 Å². The van der Waals surface area contributed by atoms with E-state index in [2.05, 4.69) is 30.3 Å². The second kappa shape index (κ2) is 5.41. The van der Waals surface area contributed by atoms with E-state index in [4.69, 9.17) is 8.94 Å². The molecule has 3 heterocycles. The predicted molar refractivity (Wildman–Crippen MR) is 78.8 cm³/mol. The average Bonchev–Trinajstić information content (AvgIpc) is 3.25. The molecule has 0 radical (unpaired) electrons. The minimum atomic E-state index is 0.345. The number of nitrogens with zero attached hydrogens (tertiary/aromatic N) is 6. The second-order valence-corrected chi connectivity index (χ2v) is 4.69. The van der Waals surface area contributed by atoms with E-state index in [9.17, 15) is 0 Å². The molecular formula is C15H10N6O2. The third-order valence-electron chi connectivity index (χ3n) is 3.13. The van der Waals surface area contributed by atoms with Crippen LogP contribution in [0.2, 0.25) is 0 Å². The van der Waals surface area contributed by atoms with Crippen LogP contribution in [0.4, 0.5) is 0 Å². The van der Waals surface area contributed by atoms with Gasteiger partial charge in [-0.2, -0.15) is 4.98 Å². The van der Waals surface area contributed by atoms with Gasteiger partial charge in [0.05, 0.1) is 17.3 Å². The Kier molecular flexibility index (Phi) is 3.12. The summed E-state index contributed by atoms with van der Waals surface area (Å²) < 4.78 is 10.8. The molecule has 0 atom stereocenters. The first-order valence-electron chi connectivity index (χ1n) is 6.81. The molecule has 1 aromatic carbocycles. The van der Waals surface area contributed by atoms with Gasteiger partial charge >= 0.3 is 0 Å². The minimum Gasteiger partial charge on any atom is -0.421 e. The summed E-state index contributed by atoms with van der Waals surface area (Å²) in [6.07, 6.45) is 4.72. The molecule has 0 spiro atoms. The summed E-state index contributed by atoms with van der Waals surface area (Å²) in [7, 11) is 0. The van der Waals surface area contributed by atoms with E-state index in [0.29, 0.717) is 34.8 Å². The molecule has 0 fully saturated rings. The maximum Gasteiger partial charge on any atom is 0.259 e. The molecule has 0 aliphatic rings. The molecule has 8 heteroatoms. The topological polar surface area (TPSA) is 104 Å². The minimum absolute atomic E-state index is 0.345. The monoisotopic (exact) mass is 306 g/mol. The summed E-state index contributed by atoms with van der Waals surface area (Å²) >= 11 is 0. The molecule has 112 valence electrons. The molecule has 23 heavy (non-hydrogen) atoms. The molecule has 0 aliphatic carbocycles. The van der Waals surface area contributed by atoms with Crippen LogP contribution in [-0.4, -0.2) is 30.3 Å². The highest BCUT2D eigenvalue weighted by Crippen LogP contribution is 2.30. The lowest BCUT2D eigenvalue weighted by atomic mass is 10.1. The quantitative estimate of drug-likeness (QED) is 0.568. The van der Waals surface area contributed by atoms with Crippen LogP contribution in [0.5, 0.6) is 0 Å². The van der Waals surface area contributed by atoms with E-state index in [1.54, 1.807) is 25.5 Å². The Morgan fingerprint density at radius 3 is 2.48 bits per heavy atom. The standard InChI is InChI=1S/C15H10N6O2/c1-9-19-20-15(22-9)11-5-3-2-4-10(11)14-18-13(21-23-14)12-8-16-6-7-17-12/h2-8H,1H3.